The molecular formula is C24H27N3O5. The molecule has 168 valence electrons. The number of nitrogens with zero attached hydrogens (tertiary/aromatic N) is 2. The molecule has 8 heteroatoms. The Hall–Kier alpha value is -3.68. The quantitative estimate of drug-likeness (QED) is 0.593. The Morgan fingerprint density at radius 2 is 1.78 bits per heavy atom. The van der Waals surface area contributed by atoms with Gasteiger partial charge in [0.1, 0.15) is 5.69 Å². The topological polar surface area (TPSA) is 83.8 Å². The second-order valence-corrected chi connectivity index (χ2v) is 7.26. The van der Waals surface area contributed by atoms with Crippen LogP contribution in [0.1, 0.15) is 30.6 Å². The normalized spacial score (nSPS) is 12.7. The third-order valence-electron chi connectivity index (χ3n) is 4.90. The lowest BCUT2D eigenvalue weighted by Crippen LogP contribution is -2.12. The van der Waals surface area contributed by atoms with Crippen LogP contribution in [0.5, 0.6) is 23.0 Å². The van der Waals surface area contributed by atoms with E-state index in [4.69, 9.17) is 18.9 Å². The number of hydrogen-bond donors (Lipinski definition) is 1. The summed E-state index contributed by atoms with van der Waals surface area (Å²) >= 11 is 0. The van der Waals surface area contributed by atoms with Gasteiger partial charge >= 0.3 is 0 Å². The number of benzene rings is 2. The molecule has 1 aromatic heterocycles. The molecule has 2 heterocycles. The lowest BCUT2D eigenvalue weighted by atomic mass is 10.1. The molecule has 1 amide bonds. The van der Waals surface area contributed by atoms with Crippen molar-refractivity contribution in [2.45, 2.75) is 20.3 Å². The van der Waals surface area contributed by atoms with Gasteiger partial charge in [-0.25, -0.2) is 0 Å². The van der Waals surface area contributed by atoms with Crippen LogP contribution in [0.2, 0.25) is 0 Å². The van der Waals surface area contributed by atoms with E-state index in [1.165, 1.54) is 0 Å². The van der Waals surface area contributed by atoms with Gasteiger partial charge in [0.25, 0.3) is 5.91 Å². The zero-order valence-electron chi connectivity index (χ0n) is 18.5. The molecule has 0 aliphatic carbocycles. The smallest absolute Gasteiger partial charge is 0.259 e. The summed E-state index contributed by atoms with van der Waals surface area (Å²) in [6.07, 6.45) is 2.53. The molecular weight excluding hydrogens is 410 g/mol. The number of carbonyl (C=O) groups is 1. The third kappa shape index (κ3) is 4.64. The molecule has 0 saturated carbocycles. The summed E-state index contributed by atoms with van der Waals surface area (Å²) in [5.41, 5.74) is 2.41. The number of aromatic nitrogens is 2. The average molecular weight is 437 g/mol. The highest BCUT2D eigenvalue weighted by Crippen LogP contribution is 2.35. The van der Waals surface area contributed by atoms with Crippen molar-refractivity contribution in [1.29, 1.82) is 0 Å². The summed E-state index contributed by atoms with van der Waals surface area (Å²) in [7, 11) is 1.79. The van der Waals surface area contributed by atoms with Crippen molar-refractivity contribution in [1.82, 2.24) is 9.78 Å². The van der Waals surface area contributed by atoms with Gasteiger partial charge in [-0.05, 0) is 44.2 Å². The van der Waals surface area contributed by atoms with Gasteiger partial charge in [-0.2, -0.15) is 5.10 Å². The van der Waals surface area contributed by atoms with E-state index < -0.39 is 0 Å². The molecule has 3 aromatic rings. The fourth-order valence-corrected chi connectivity index (χ4v) is 3.51. The van der Waals surface area contributed by atoms with E-state index in [9.17, 15) is 4.79 Å². The number of amides is 1. The molecule has 0 spiro atoms. The zero-order chi connectivity index (χ0) is 22.5. The number of ether oxygens (including phenoxy) is 4. The van der Waals surface area contributed by atoms with Gasteiger partial charge in [0.05, 0.1) is 32.0 Å². The summed E-state index contributed by atoms with van der Waals surface area (Å²) in [5, 5.41) is 7.45. The van der Waals surface area contributed by atoms with Crippen LogP contribution in [0.4, 0.5) is 5.69 Å². The SMILES string of the molecule is CCOc1ccc(NC(=O)c2cn(C)nc2-c2ccc3c(c2)OCCCO3)cc1OCC. The second kappa shape index (κ2) is 9.64. The number of anilines is 1. The van der Waals surface area contributed by atoms with Gasteiger partial charge in [-0.3, -0.25) is 9.48 Å². The Bertz CT molecular complexity index is 1110. The minimum absolute atomic E-state index is 0.271. The molecule has 4 rings (SSSR count). The van der Waals surface area contributed by atoms with Gasteiger partial charge < -0.3 is 24.3 Å². The molecule has 0 atom stereocenters. The van der Waals surface area contributed by atoms with E-state index in [-0.39, 0.29) is 5.91 Å². The highest BCUT2D eigenvalue weighted by atomic mass is 16.5. The maximum atomic E-state index is 13.2. The maximum absolute atomic E-state index is 13.2. The molecule has 32 heavy (non-hydrogen) atoms. The first-order chi connectivity index (χ1) is 15.6. The Balaban J connectivity index is 1.61. The summed E-state index contributed by atoms with van der Waals surface area (Å²) in [5.74, 6) is 2.31. The van der Waals surface area contributed by atoms with E-state index in [0.29, 0.717) is 66.4 Å². The highest BCUT2D eigenvalue weighted by Gasteiger charge is 2.20. The van der Waals surface area contributed by atoms with Crippen molar-refractivity contribution in [3.05, 3.63) is 48.2 Å². The van der Waals surface area contributed by atoms with E-state index >= 15 is 0 Å². The van der Waals surface area contributed by atoms with E-state index in [0.717, 1.165) is 12.0 Å². The van der Waals surface area contributed by atoms with Crippen LogP contribution in [0, 0.1) is 0 Å². The van der Waals surface area contributed by atoms with Crippen molar-refractivity contribution in [3.63, 3.8) is 0 Å². The minimum atomic E-state index is -0.271. The lowest BCUT2D eigenvalue weighted by molar-refractivity contribution is 0.102. The lowest BCUT2D eigenvalue weighted by Gasteiger charge is -2.13. The molecule has 1 N–H and O–H groups in total. The van der Waals surface area contributed by atoms with E-state index in [2.05, 4.69) is 10.4 Å². The summed E-state index contributed by atoms with van der Waals surface area (Å²) in [6, 6.07) is 10.9. The third-order valence-corrected chi connectivity index (χ3v) is 4.90. The molecule has 2 aromatic carbocycles. The number of nitrogens with one attached hydrogen (secondary N) is 1. The summed E-state index contributed by atoms with van der Waals surface area (Å²) in [4.78, 5) is 13.2. The van der Waals surface area contributed by atoms with E-state index in [1.54, 1.807) is 36.1 Å². The molecule has 0 fully saturated rings. The first kappa shape index (κ1) is 21.5. The fourth-order valence-electron chi connectivity index (χ4n) is 3.51. The highest BCUT2D eigenvalue weighted by molar-refractivity contribution is 6.08. The van der Waals surface area contributed by atoms with Crippen molar-refractivity contribution in [2.75, 3.05) is 31.7 Å². The monoisotopic (exact) mass is 437 g/mol. The van der Waals surface area contributed by atoms with Crippen LogP contribution in [-0.4, -0.2) is 42.1 Å². The van der Waals surface area contributed by atoms with Gasteiger partial charge in [0, 0.05) is 37.0 Å². The van der Waals surface area contributed by atoms with Crippen molar-refractivity contribution >= 4 is 11.6 Å². The van der Waals surface area contributed by atoms with Gasteiger partial charge in [0.15, 0.2) is 23.0 Å². The standard InChI is InChI=1S/C24H27N3O5/c1-4-29-19-10-8-17(14-22(19)30-5-2)25-24(28)18-15-27(3)26-23(18)16-7-9-20-21(13-16)32-12-6-11-31-20/h7-10,13-15H,4-6,11-12H2,1-3H3,(H,25,28). The van der Waals surface area contributed by atoms with Crippen LogP contribution in [-0.2, 0) is 7.05 Å². The Labute approximate surface area is 187 Å². The molecule has 0 radical (unpaired) electrons. The average Bonchev–Trinajstić information content (AvgIpc) is 3.02. The number of hydrogen-bond acceptors (Lipinski definition) is 6. The largest absolute Gasteiger partial charge is 0.490 e. The first-order valence-corrected chi connectivity index (χ1v) is 10.7. The number of carbonyl (C=O) groups excluding carboxylic acids is 1. The number of fused-ring (bicyclic) bond motifs is 1. The van der Waals surface area contributed by atoms with Crippen molar-refractivity contribution in [3.8, 4) is 34.3 Å². The number of aryl methyl sites for hydroxylation is 1. The number of rotatable bonds is 7. The second-order valence-electron chi connectivity index (χ2n) is 7.26. The Morgan fingerprint density at radius 1 is 1.03 bits per heavy atom. The predicted octanol–water partition coefficient (Wildman–Crippen LogP) is 4.30. The Kier molecular flexibility index (Phi) is 6.49. The van der Waals surface area contributed by atoms with Crippen LogP contribution in [0.15, 0.2) is 42.6 Å². The fraction of sp³-hybridized carbons (Fsp3) is 0.333. The van der Waals surface area contributed by atoms with Gasteiger partial charge in [0.2, 0.25) is 0 Å². The molecule has 0 saturated heterocycles. The van der Waals surface area contributed by atoms with E-state index in [1.807, 2.05) is 32.0 Å². The summed E-state index contributed by atoms with van der Waals surface area (Å²) in [6.45, 7) is 6.04. The minimum Gasteiger partial charge on any atom is -0.490 e. The van der Waals surface area contributed by atoms with Crippen LogP contribution < -0.4 is 24.3 Å². The van der Waals surface area contributed by atoms with Gasteiger partial charge in [-0.1, -0.05) is 0 Å². The van der Waals surface area contributed by atoms with Crippen molar-refractivity contribution in [2.24, 2.45) is 7.05 Å². The molecule has 0 unspecified atom stereocenters. The molecule has 0 bridgehead atoms. The Morgan fingerprint density at radius 3 is 2.56 bits per heavy atom. The summed E-state index contributed by atoms with van der Waals surface area (Å²) < 4.78 is 24.4. The maximum Gasteiger partial charge on any atom is 0.259 e. The van der Waals surface area contributed by atoms with Crippen LogP contribution in [0.3, 0.4) is 0 Å². The predicted molar refractivity (Wildman–Crippen MR) is 121 cm³/mol. The zero-order valence-corrected chi connectivity index (χ0v) is 18.5. The first-order valence-electron chi connectivity index (χ1n) is 10.7. The van der Waals surface area contributed by atoms with Crippen molar-refractivity contribution < 1.29 is 23.7 Å². The molecule has 8 nitrogen and oxygen atoms in total. The van der Waals surface area contributed by atoms with Crippen LogP contribution in [0.25, 0.3) is 11.3 Å². The molecule has 1 aliphatic heterocycles. The van der Waals surface area contributed by atoms with Crippen LogP contribution >= 0.6 is 0 Å². The molecule has 1 aliphatic rings. The van der Waals surface area contributed by atoms with Gasteiger partial charge in [-0.15, -0.1) is 0 Å².